The lowest BCUT2D eigenvalue weighted by molar-refractivity contribution is 0.0809. The smallest absolute Gasteiger partial charge is 0.134 e. The molecule has 2 unspecified atom stereocenters. The molecule has 0 amide bonds. The Bertz CT molecular complexity index is 335. The Morgan fingerprint density at radius 3 is 2.61 bits per heavy atom. The largest absolute Gasteiger partial charge is 0.486 e. The minimum Gasteiger partial charge on any atom is -0.486 e. The van der Waals surface area contributed by atoms with E-state index < -0.39 is 0 Å². The minimum absolute atomic E-state index is 0.0465. The van der Waals surface area contributed by atoms with Crippen molar-refractivity contribution >= 4 is 0 Å². The van der Waals surface area contributed by atoms with E-state index in [0.29, 0.717) is 12.5 Å². The van der Waals surface area contributed by atoms with E-state index in [2.05, 4.69) is 31.3 Å². The minimum atomic E-state index is 0.0465. The fourth-order valence-electron chi connectivity index (χ4n) is 1.94. The zero-order chi connectivity index (χ0) is 13.4. The zero-order valence-corrected chi connectivity index (χ0v) is 11.9. The molecule has 0 radical (unpaired) electrons. The standard InChI is InChI=1S/C15H25NO2/c1-5-12(2)14-8-6-7-9-15(14)18-13(10-16-3)11-17-4/h6-9,12-13,16H,5,10-11H2,1-4H3. The average molecular weight is 251 g/mol. The lowest BCUT2D eigenvalue weighted by Crippen LogP contribution is -2.33. The van der Waals surface area contributed by atoms with Gasteiger partial charge in [0.2, 0.25) is 0 Å². The van der Waals surface area contributed by atoms with Crippen molar-refractivity contribution < 1.29 is 9.47 Å². The highest BCUT2D eigenvalue weighted by atomic mass is 16.5. The van der Waals surface area contributed by atoms with Gasteiger partial charge in [-0.2, -0.15) is 0 Å². The van der Waals surface area contributed by atoms with Crippen molar-refractivity contribution in [3.8, 4) is 5.75 Å². The van der Waals surface area contributed by atoms with Crippen molar-refractivity contribution in [2.24, 2.45) is 0 Å². The summed E-state index contributed by atoms with van der Waals surface area (Å²) >= 11 is 0. The van der Waals surface area contributed by atoms with Gasteiger partial charge in [0.1, 0.15) is 11.9 Å². The first-order chi connectivity index (χ1) is 8.72. The van der Waals surface area contributed by atoms with Gasteiger partial charge < -0.3 is 14.8 Å². The number of hydrogen-bond acceptors (Lipinski definition) is 3. The molecule has 0 saturated heterocycles. The normalized spacial score (nSPS) is 14.2. The van der Waals surface area contributed by atoms with Gasteiger partial charge in [0.25, 0.3) is 0 Å². The third-order valence-corrected chi connectivity index (χ3v) is 3.14. The highest BCUT2D eigenvalue weighted by Crippen LogP contribution is 2.29. The van der Waals surface area contributed by atoms with Crippen LogP contribution < -0.4 is 10.1 Å². The third kappa shape index (κ3) is 4.31. The maximum Gasteiger partial charge on any atom is 0.134 e. The fourth-order valence-corrected chi connectivity index (χ4v) is 1.94. The maximum absolute atomic E-state index is 6.06. The van der Waals surface area contributed by atoms with Crippen molar-refractivity contribution in [3.05, 3.63) is 29.8 Å². The molecule has 1 rings (SSSR count). The first-order valence-electron chi connectivity index (χ1n) is 6.62. The van der Waals surface area contributed by atoms with Gasteiger partial charge in [-0.3, -0.25) is 0 Å². The summed E-state index contributed by atoms with van der Waals surface area (Å²) in [5.74, 6) is 1.49. The highest BCUT2D eigenvalue weighted by Gasteiger charge is 2.14. The van der Waals surface area contributed by atoms with Gasteiger partial charge in [-0.05, 0) is 31.0 Å². The van der Waals surface area contributed by atoms with E-state index in [1.165, 1.54) is 5.56 Å². The van der Waals surface area contributed by atoms with E-state index in [4.69, 9.17) is 9.47 Å². The van der Waals surface area contributed by atoms with Crippen molar-refractivity contribution in [2.45, 2.75) is 32.3 Å². The molecule has 0 fully saturated rings. The molecule has 102 valence electrons. The number of para-hydroxylation sites is 1. The number of hydrogen-bond donors (Lipinski definition) is 1. The van der Waals surface area contributed by atoms with Gasteiger partial charge in [-0.1, -0.05) is 32.0 Å². The summed E-state index contributed by atoms with van der Waals surface area (Å²) in [6.07, 6.45) is 1.16. The third-order valence-electron chi connectivity index (χ3n) is 3.14. The summed E-state index contributed by atoms with van der Waals surface area (Å²) in [5, 5.41) is 3.13. The zero-order valence-electron chi connectivity index (χ0n) is 11.9. The Morgan fingerprint density at radius 2 is 2.00 bits per heavy atom. The predicted octanol–water partition coefficient (Wildman–Crippen LogP) is 2.81. The molecule has 0 aliphatic heterocycles. The summed E-state index contributed by atoms with van der Waals surface area (Å²) < 4.78 is 11.3. The lowest BCUT2D eigenvalue weighted by Gasteiger charge is -2.22. The SMILES string of the molecule is CCC(C)c1ccccc1OC(CNC)COC. The first kappa shape index (κ1) is 15.0. The molecule has 0 aliphatic carbocycles. The summed E-state index contributed by atoms with van der Waals surface area (Å²) in [4.78, 5) is 0. The molecule has 0 heterocycles. The van der Waals surface area contributed by atoms with Gasteiger partial charge in [0, 0.05) is 13.7 Å². The molecule has 0 bridgehead atoms. The van der Waals surface area contributed by atoms with Crippen LogP contribution in [0.2, 0.25) is 0 Å². The van der Waals surface area contributed by atoms with Crippen molar-refractivity contribution in [2.75, 3.05) is 27.3 Å². The Morgan fingerprint density at radius 1 is 1.28 bits per heavy atom. The van der Waals surface area contributed by atoms with Crippen LogP contribution in [0.5, 0.6) is 5.75 Å². The van der Waals surface area contributed by atoms with Crippen molar-refractivity contribution in [1.29, 1.82) is 0 Å². The van der Waals surface area contributed by atoms with Crippen LogP contribution in [0.1, 0.15) is 31.7 Å². The van der Waals surface area contributed by atoms with Gasteiger partial charge in [-0.15, -0.1) is 0 Å². The lowest BCUT2D eigenvalue weighted by atomic mass is 9.98. The van der Waals surface area contributed by atoms with Gasteiger partial charge in [-0.25, -0.2) is 0 Å². The van der Waals surface area contributed by atoms with Crippen LogP contribution in [-0.2, 0) is 4.74 Å². The molecule has 0 aliphatic rings. The molecular formula is C15H25NO2. The fraction of sp³-hybridized carbons (Fsp3) is 0.600. The topological polar surface area (TPSA) is 30.5 Å². The summed E-state index contributed by atoms with van der Waals surface area (Å²) in [6.45, 7) is 5.80. The number of methoxy groups -OCH3 is 1. The van der Waals surface area contributed by atoms with Gasteiger partial charge >= 0.3 is 0 Å². The first-order valence-corrected chi connectivity index (χ1v) is 6.62. The van der Waals surface area contributed by atoms with Crippen LogP contribution in [0.4, 0.5) is 0 Å². The molecule has 18 heavy (non-hydrogen) atoms. The van der Waals surface area contributed by atoms with Crippen LogP contribution in [0.25, 0.3) is 0 Å². The number of nitrogens with one attached hydrogen (secondary N) is 1. The molecular weight excluding hydrogens is 226 g/mol. The molecule has 2 atom stereocenters. The molecule has 0 saturated carbocycles. The van der Waals surface area contributed by atoms with Crippen molar-refractivity contribution in [3.63, 3.8) is 0 Å². The van der Waals surface area contributed by atoms with E-state index in [1.54, 1.807) is 7.11 Å². The summed E-state index contributed by atoms with van der Waals surface area (Å²) in [5.41, 5.74) is 1.28. The van der Waals surface area contributed by atoms with Crippen LogP contribution >= 0.6 is 0 Å². The Balaban J connectivity index is 2.80. The Hall–Kier alpha value is -1.06. The van der Waals surface area contributed by atoms with Crippen molar-refractivity contribution in [1.82, 2.24) is 5.32 Å². The molecule has 1 aromatic rings. The number of benzene rings is 1. The van der Waals surface area contributed by atoms with E-state index in [-0.39, 0.29) is 6.10 Å². The maximum atomic E-state index is 6.06. The predicted molar refractivity (Wildman–Crippen MR) is 75.4 cm³/mol. The second-order valence-electron chi connectivity index (χ2n) is 4.60. The van der Waals surface area contributed by atoms with Gasteiger partial charge in [0.05, 0.1) is 6.61 Å². The monoisotopic (exact) mass is 251 g/mol. The number of rotatable bonds is 8. The van der Waals surface area contributed by atoms with Crippen LogP contribution in [0, 0.1) is 0 Å². The van der Waals surface area contributed by atoms with Gasteiger partial charge in [0.15, 0.2) is 0 Å². The van der Waals surface area contributed by atoms with E-state index >= 15 is 0 Å². The second kappa shape index (κ2) is 8.11. The van der Waals surface area contributed by atoms with Crippen LogP contribution in [0.3, 0.4) is 0 Å². The molecule has 3 heteroatoms. The Labute approximate surface area is 110 Å². The van der Waals surface area contributed by atoms with E-state index in [1.807, 2.05) is 19.2 Å². The molecule has 3 nitrogen and oxygen atoms in total. The molecule has 1 N–H and O–H groups in total. The molecule has 0 aromatic heterocycles. The Kier molecular flexibility index (Phi) is 6.76. The quantitative estimate of drug-likeness (QED) is 0.770. The average Bonchev–Trinajstić information content (AvgIpc) is 2.39. The summed E-state index contributed by atoms with van der Waals surface area (Å²) in [6, 6.07) is 8.27. The number of ether oxygens (including phenoxy) is 2. The molecule has 0 spiro atoms. The highest BCUT2D eigenvalue weighted by molar-refractivity contribution is 5.36. The van der Waals surface area contributed by atoms with Crippen LogP contribution in [-0.4, -0.2) is 33.4 Å². The van der Waals surface area contributed by atoms with E-state index in [0.717, 1.165) is 18.7 Å². The second-order valence-corrected chi connectivity index (χ2v) is 4.60. The molecule has 1 aromatic carbocycles. The summed E-state index contributed by atoms with van der Waals surface area (Å²) in [7, 11) is 3.62. The van der Waals surface area contributed by atoms with Crippen LogP contribution in [0.15, 0.2) is 24.3 Å². The van der Waals surface area contributed by atoms with E-state index in [9.17, 15) is 0 Å². The number of likely N-dealkylation sites (N-methyl/N-ethyl adjacent to an activating group) is 1.